The lowest BCUT2D eigenvalue weighted by Crippen LogP contribution is -2.32. The average molecular weight is 871 g/mol. The molecule has 54 heavy (non-hydrogen) atoms. The number of phenolic OH excluding ortho intramolecular Hbond substituents is 4. The summed E-state index contributed by atoms with van der Waals surface area (Å²) in [5.74, 6) is 0.351. The van der Waals surface area contributed by atoms with Crippen LogP contribution in [0.3, 0.4) is 0 Å². The maximum atomic E-state index is 11.2. The Morgan fingerprint density at radius 3 is 1.22 bits per heavy atom. The Morgan fingerprint density at radius 2 is 0.870 bits per heavy atom. The predicted molar refractivity (Wildman–Crippen MR) is 216 cm³/mol. The van der Waals surface area contributed by atoms with Gasteiger partial charge in [-0.2, -0.15) is 0 Å². The molecule has 5 rings (SSSR count). The van der Waals surface area contributed by atoms with Gasteiger partial charge in [0.2, 0.25) is 0 Å². The van der Waals surface area contributed by atoms with Crippen LogP contribution in [0.5, 0.6) is 23.0 Å². The van der Waals surface area contributed by atoms with Crippen LogP contribution in [0, 0.1) is 0 Å². The molecule has 0 spiro atoms. The SMILES string of the molecule is Oc1ccccc1N=Cc1cc(Br)cc(CN2CCOCCOCCN(Cc3cc(Br)cc(C=Nc4ccccc4O)c3O)CCOCCOCC2)c1O. The number of phenols is 4. The van der Waals surface area contributed by atoms with E-state index in [-0.39, 0.29) is 23.0 Å². The monoisotopic (exact) mass is 868 g/mol. The minimum atomic E-state index is 0.0616. The van der Waals surface area contributed by atoms with E-state index in [4.69, 9.17) is 18.9 Å². The first-order chi connectivity index (χ1) is 26.3. The first-order valence-electron chi connectivity index (χ1n) is 17.7. The topological polar surface area (TPSA) is 149 Å². The van der Waals surface area contributed by atoms with E-state index in [1.165, 1.54) is 0 Å². The quantitative estimate of drug-likeness (QED) is 0.138. The molecule has 1 aliphatic rings. The summed E-state index contributed by atoms with van der Waals surface area (Å²) >= 11 is 7.13. The zero-order valence-electron chi connectivity index (χ0n) is 29.9. The fraction of sp³-hybridized carbons (Fsp3) is 0.350. The molecule has 0 amide bonds. The fourth-order valence-corrected chi connectivity index (χ4v) is 6.71. The Bertz CT molecular complexity index is 1710. The average Bonchev–Trinajstić information content (AvgIpc) is 3.15. The highest BCUT2D eigenvalue weighted by atomic mass is 79.9. The highest BCUT2D eigenvalue weighted by Gasteiger charge is 2.16. The van der Waals surface area contributed by atoms with Crippen LogP contribution in [-0.4, -0.2) is 122 Å². The third kappa shape index (κ3) is 13.2. The Morgan fingerprint density at radius 1 is 0.519 bits per heavy atom. The minimum Gasteiger partial charge on any atom is -0.507 e. The summed E-state index contributed by atoms with van der Waals surface area (Å²) in [4.78, 5) is 13.1. The number of aliphatic imine (C=N–C) groups is 2. The van der Waals surface area contributed by atoms with Crippen molar-refractivity contribution < 1.29 is 39.4 Å². The van der Waals surface area contributed by atoms with Gasteiger partial charge in [0.25, 0.3) is 0 Å². The number of benzene rings is 4. The zero-order chi connectivity index (χ0) is 38.1. The lowest BCUT2D eigenvalue weighted by Gasteiger charge is -2.24. The van der Waals surface area contributed by atoms with Crippen LogP contribution in [0.1, 0.15) is 22.3 Å². The molecule has 0 atom stereocenters. The summed E-state index contributed by atoms with van der Waals surface area (Å²) < 4.78 is 25.3. The Labute approximate surface area is 332 Å². The van der Waals surface area contributed by atoms with E-state index in [2.05, 4.69) is 51.6 Å². The van der Waals surface area contributed by atoms with Crippen LogP contribution in [0.25, 0.3) is 0 Å². The van der Waals surface area contributed by atoms with Gasteiger partial charge in [0.05, 0.1) is 52.9 Å². The van der Waals surface area contributed by atoms with Gasteiger partial charge < -0.3 is 39.4 Å². The van der Waals surface area contributed by atoms with Gasteiger partial charge in [-0.05, 0) is 48.5 Å². The third-order valence-corrected chi connectivity index (χ3v) is 9.47. The van der Waals surface area contributed by atoms with E-state index in [0.29, 0.717) is 115 Å². The zero-order valence-corrected chi connectivity index (χ0v) is 33.1. The molecule has 14 heteroatoms. The molecule has 4 aromatic carbocycles. The van der Waals surface area contributed by atoms with Crippen LogP contribution < -0.4 is 0 Å². The van der Waals surface area contributed by atoms with Crippen molar-refractivity contribution >= 4 is 55.7 Å². The maximum Gasteiger partial charge on any atom is 0.141 e. The lowest BCUT2D eigenvalue weighted by atomic mass is 10.1. The van der Waals surface area contributed by atoms with Gasteiger partial charge in [-0.1, -0.05) is 56.1 Å². The molecule has 1 heterocycles. The van der Waals surface area contributed by atoms with Crippen molar-refractivity contribution in [2.24, 2.45) is 9.98 Å². The van der Waals surface area contributed by atoms with Crippen molar-refractivity contribution in [3.63, 3.8) is 0 Å². The van der Waals surface area contributed by atoms with Crippen molar-refractivity contribution in [2.45, 2.75) is 13.1 Å². The van der Waals surface area contributed by atoms with Crippen LogP contribution in [0.2, 0.25) is 0 Å². The second kappa shape index (κ2) is 21.9. The number of para-hydroxylation sites is 4. The van der Waals surface area contributed by atoms with E-state index < -0.39 is 0 Å². The number of hydrogen-bond donors (Lipinski definition) is 4. The van der Waals surface area contributed by atoms with Gasteiger partial charge in [0, 0.05) is 82.9 Å². The molecule has 4 aromatic rings. The van der Waals surface area contributed by atoms with Gasteiger partial charge in [-0.3, -0.25) is 19.8 Å². The molecule has 1 aliphatic heterocycles. The van der Waals surface area contributed by atoms with Crippen molar-refractivity contribution in [3.05, 3.63) is 104 Å². The standard InChI is InChI=1S/C40H46Br2N4O8/c41-33-21-29(25-43-35-5-1-3-7-37(35)47)39(49)31(23-33)27-45-9-13-51-17-19-53-15-11-46(12-16-54-20-18-52-14-10-45)28-32-24-34(42)22-30(40(32)50)26-44-36-6-2-4-8-38(36)48/h1-8,21-26,47-50H,9-20,27-28H2. The van der Waals surface area contributed by atoms with Crippen LogP contribution in [-0.2, 0) is 32.0 Å². The van der Waals surface area contributed by atoms with E-state index in [9.17, 15) is 20.4 Å². The summed E-state index contributed by atoms with van der Waals surface area (Å²) in [6, 6.07) is 20.9. The first-order valence-corrected chi connectivity index (χ1v) is 19.3. The van der Waals surface area contributed by atoms with Gasteiger partial charge in [0.1, 0.15) is 34.4 Å². The van der Waals surface area contributed by atoms with E-state index in [1.807, 2.05) is 12.1 Å². The molecule has 0 aromatic heterocycles. The highest BCUT2D eigenvalue weighted by molar-refractivity contribution is 9.10. The molecule has 4 N–H and O–H groups in total. The van der Waals surface area contributed by atoms with Crippen LogP contribution in [0.4, 0.5) is 11.4 Å². The molecule has 0 aliphatic carbocycles. The lowest BCUT2D eigenvalue weighted by molar-refractivity contribution is 0.00611. The smallest absolute Gasteiger partial charge is 0.141 e. The maximum absolute atomic E-state index is 11.2. The van der Waals surface area contributed by atoms with Gasteiger partial charge in [-0.25, -0.2) is 0 Å². The normalized spacial score (nSPS) is 16.8. The molecule has 0 unspecified atom stereocenters. The second-order valence-electron chi connectivity index (χ2n) is 12.5. The van der Waals surface area contributed by atoms with Crippen molar-refractivity contribution in [3.8, 4) is 23.0 Å². The molecule has 1 fully saturated rings. The van der Waals surface area contributed by atoms with E-state index in [1.54, 1.807) is 73.1 Å². The van der Waals surface area contributed by atoms with Gasteiger partial charge >= 0.3 is 0 Å². The largest absolute Gasteiger partial charge is 0.507 e. The van der Waals surface area contributed by atoms with Gasteiger partial charge in [0.15, 0.2) is 0 Å². The highest BCUT2D eigenvalue weighted by Crippen LogP contribution is 2.31. The molecule has 288 valence electrons. The molecular formula is C40H46Br2N4O8. The van der Waals surface area contributed by atoms with Gasteiger partial charge in [-0.15, -0.1) is 0 Å². The number of rotatable bonds is 8. The summed E-state index contributed by atoms with van der Waals surface area (Å²) in [6.07, 6.45) is 3.08. The number of nitrogens with zero attached hydrogens (tertiary/aromatic N) is 4. The Balaban J connectivity index is 1.15. The summed E-state index contributed by atoms with van der Waals surface area (Å²) in [7, 11) is 0. The molecule has 0 saturated carbocycles. The minimum absolute atomic E-state index is 0.0616. The predicted octanol–water partition coefficient (Wildman–Crippen LogP) is 6.92. The van der Waals surface area contributed by atoms with Crippen LogP contribution in [0.15, 0.2) is 91.7 Å². The van der Waals surface area contributed by atoms with Crippen molar-refractivity contribution in [1.29, 1.82) is 0 Å². The number of hydrogen-bond acceptors (Lipinski definition) is 12. The third-order valence-electron chi connectivity index (χ3n) is 8.55. The van der Waals surface area contributed by atoms with Crippen molar-refractivity contribution in [2.75, 3.05) is 79.0 Å². The van der Waals surface area contributed by atoms with Crippen molar-refractivity contribution in [1.82, 2.24) is 9.80 Å². The number of aromatic hydroxyl groups is 4. The summed E-state index contributed by atoms with van der Waals surface area (Å²) in [5, 5.41) is 42.5. The molecule has 0 bridgehead atoms. The van der Waals surface area contributed by atoms with E-state index in [0.717, 1.165) is 20.1 Å². The first kappa shape index (κ1) is 41.3. The second-order valence-corrected chi connectivity index (χ2v) is 14.3. The van der Waals surface area contributed by atoms with E-state index >= 15 is 0 Å². The van der Waals surface area contributed by atoms with Crippen LogP contribution >= 0.6 is 31.9 Å². The Kier molecular flexibility index (Phi) is 16.7. The summed E-state index contributed by atoms with van der Waals surface area (Å²) in [5.41, 5.74) is 3.31. The summed E-state index contributed by atoms with van der Waals surface area (Å²) in [6.45, 7) is 6.90. The molecular weight excluding hydrogens is 824 g/mol. The molecule has 0 radical (unpaired) electrons. The Hall–Kier alpha value is -3.86. The number of halogens is 2. The fourth-order valence-electron chi connectivity index (χ4n) is 5.66. The molecule has 12 nitrogen and oxygen atoms in total. The number of ether oxygens (including phenoxy) is 4. The molecule has 1 saturated heterocycles.